The molecule has 0 aliphatic carbocycles. The first-order chi connectivity index (χ1) is 8.22. The number of rotatable bonds is 3. The average Bonchev–Trinajstić information content (AvgIpc) is 2.39. The van der Waals surface area contributed by atoms with Crippen molar-refractivity contribution in [3.8, 4) is 0 Å². The minimum absolute atomic E-state index is 0.360. The number of aromatic carboxylic acids is 1. The van der Waals surface area contributed by atoms with Crippen molar-refractivity contribution in [3.63, 3.8) is 0 Å². The monoisotopic (exact) mass is 233 g/mol. The quantitative estimate of drug-likeness (QED) is 0.871. The van der Waals surface area contributed by atoms with Gasteiger partial charge in [-0.15, -0.1) is 0 Å². The van der Waals surface area contributed by atoms with Gasteiger partial charge in [-0.25, -0.2) is 4.79 Å². The zero-order valence-corrected chi connectivity index (χ0v) is 10.2. The van der Waals surface area contributed by atoms with Crippen LogP contribution in [0.4, 0.5) is 5.69 Å². The molecule has 1 N–H and O–H groups in total. The molecule has 1 aromatic rings. The highest BCUT2D eigenvalue weighted by Crippen LogP contribution is 2.26. The van der Waals surface area contributed by atoms with Gasteiger partial charge in [0.05, 0.1) is 5.56 Å². The molecule has 3 heteroatoms. The number of hydrogen-bond acceptors (Lipinski definition) is 2. The van der Waals surface area contributed by atoms with E-state index < -0.39 is 5.97 Å². The summed E-state index contributed by atoms with van der Waals surface area (Å²) < 4.78 is 0. The average molecular weight is 233 g/mol. The topological polar surface area (TPSA) is 40.5 Å². The fourth-order valence-electron chi connectivity index (χ4n) is 2.56. The van der Waals surface area contributed by atoms with Crippen molar-refractivity contribution in [3.05, 3.63) is 29.8 Å². The summed E-state index contributed by atoms with van der Waals surface area (Å²) >= 11 is 0. The van der Waals surface area contributed by atoms with Crippen LogP contribution in [0.15, 0.2) is 24.3 Å². The highest BCUT2D eigenvalue weighted by Gasteiger charge is 2.20. The van der Waals surface area contributed by atoms with Crippen LogP contribution in [0.3, 0.4) is 0 Å². The number of piperidine rings is 1. The van der Waals surface area contributed by atoms with Gasteiger partial charge < -0.3 is 10.0 Å². The second-order valence-corrected chi connectivity index (χ2v) is 4.60. The molecule has 0 radical (unpaired) electrons. The van der Waals surface area contributed by atoms with E-state index in [4.69, 9.17) is 5.11 Å². The summed E-state index contributed by atoms with van der Waals surface area (Å²) in [7, 11) is 0. The Bertz CT molecular complexity index is 386. The summed E-state index contributed by atoms with van der Waals surface area (Å²) in [4.78, 5) is 13.2. The first-order valence-electron chi connectivity index (χ1n) is 6.32. The van der Waals surface area contributed by atoms with Crippen molar-refractivity contribution in [1.29, 1.82) is 0 Å². The van der Waals surface area contributed by atoms with E-state index in [1.807, 2.05) is 12.1 Å². The lowest BCUT2D eigenvalue weighted by Crippen LogP contribution is -2.39. The molecule has 92 valence electrons. The lowest BCUT2D eigenvalue weighted by molar-refractivity contribution is 0.0697. The van der Waals surface area contributed by atoms with Crippen molar-refractivity contribution in [1.82, 2.24) is 0 Å². The Morgan fingerprint density at radius 1 is 1.35 bits per heavy atom. The standard InChI is InChI=1S/C14H19NO2/c1-2-12-5-3-4-10-15(12)13-8-6-11(7-9-13)14(16)17/h6-9,12H,2-5,10H2,1H3,(H,16,17)/t12-/m0/s1. The van der Waals surface area contributed by atoms with E-state index >= 15 is 0 Å². The Hall–Kier alpha value is -1.51. The maximum atomic E-state index is 10.8. The molecule has 0 amide bonds. The van der Waals surface area contributed by atoms with Gasteiger partial charge in [-0.2, -0.15) is 0 Å². The third kappa shape index (κ3) is 2.60. The lowest BCUT2D eigenvalue weighted by Gasteiger charge is -2.37. The Morgan fingerprint density at radius 3 is 2.65 bits per heavy atom. The van der Waals surface area contributed by atoms with Crippen LogP contribution in [0.5, 0.6) is 0 Å². The second kappa shape index (κ2) is 5.21. The summed E-state index contributed by atoms with van der Waals surface area (Å²) in [6.45, 7) is 3.31. The van der Waals surface area contributed by atoms with Gasteiger partial charge in [0.15, 0.2) is 0 Å². The summed E-state index contributed by atoms with van der Waals surface area (Å²) in [6, 6.07) is 7.85. The molecule has 2 rings (SSSR count). The summed E-state index contributed by atoms with van der Waals surface area (Å²) in [6.07, 6.45) is 4.94. The molecule has 1 aromatic carbocycles. The number of anilines is 1. The Balaban J connectivity index is 2.17. The number of nitrogens with zero attached hydrogens (tertiary/aromatic N) is 1. The third-order valence-electron chi connectivity index (χ3n) is 3.54. The number of hydrogen-bond donors (Lipinski definition) is 1. The maximum Gasteiger partial charge on any atom is 0.335 e. The number of carbonyl (C=O) groups is 1. The first-order valence-corrected chi connectivity index (χ1v) is 6.32. The molecule has 0 bridgehead atoms. The van der Waals surface area contributed by atoms with Crippen molar-refractivity contribution < 1.29 is 9.90 Å². The van der Waals surface area contributed by atoms with E-state index in [1.54, 1.807) is 12.1 Å². The minimum atomic E-state index is -0.859. The zero-order valence-electron chi connectivity index (χ0n) is 10.2. The first kappa shape index (κ1) is 12.0. The molecular formula is C14H19NO2. The third-order valence-corrected chi connectivity index (χ3v) is 3.54. The number of carboxylic acid groups (broad SMARTS) is 1. The molecule has 1 heterocycles. The van der Waals surface area contributed by atoms with Gasteiger partial charge in [-0.05, 0) is 49.9 Å². The summed E-state index contributed by atoms with van der Waals surface area (Å²) in [5.74, 6) is -0.859. The molecule has 0 aromatic heterocycles. The molecule has 1 saturated heterocycles. The fraction of sp³-hybridized carbons (Fsp3) is 0.500. The Labute approximate surface area is 102 Å². The van der Waals surface area contributed by atoms with Crippen molar-refractivity contribution in [2.24, 2.45) is 0 Å². The predicted molar refractivity (Wildman–Crippen MR) is 68.7 cm³/mol. The van der Waals surface area contributed by atoms with Crippen molar-refractivity contribution in [2.45, 2.75) is 38.6 Å². The molecule has 1 fully saturated rings. The highest BCUT2D eigenvalue weighted by atomic mass is 16.4. The highest BCUT2D eigenvalue weighted by molar-refractivity contribution is 5.88. The molecule has 0 unspecified atom stereocenters. The van der Waals surface area contributed by atoms with Crippen LogP contribution in [0.25, 0.3) is 0 Å². The van der Waals surface area contributed by atoms with E-state index in [0.717, 1.165) is 18.7 Å². The van der Waals surface area contributed by atoms with Crippen LogP contribution >= 0.6 is 0 Å². The predicted octanol–water partition coefficient (Wildman–Crippen LogP) is 3.15. The van der Waals surface area contributed by atoms with Crippen LogP contribution < -0.4 is 4.90 Å². The zero-order chi connectivity index (χ0) is 12.3. The molecule has 17 heavy (non-hydrogen) atoms. The van der Waals surface area contributed by atoms with E-state index in [2.05, 4.69) is 11.8 Å². The van der Waals surface area contributed by atoms with Crippen LogP contribution in [0.2, 0.25) is 0 Å². The molecule has 1 aliphatic rings. The smallest absolute Gasteiger partial charge is 0.335 e. The van der Waals surface area contributed by atoms with Gasteiger partial charge in [0, 0.05) is 18.3 Å². The normalized spacial score (nSPS) is 20.3. The maximum absolute atomic E-state index is 10.8. The van der Waals surface area contributed by atoms with Gasteiger partial charge in [0.25, 0.3) is 0 Å². The summed E-state index contributed by atoms with van der Waals surface area (Å²) in [5, 5.41) is 8.87. The van der Waals surface area contributed by atoms with Crippen LogP contribution in [-0.4, -0.2) is 23.7 Å². The lowest BCUT2D eigenvalue weighted by atomic mass is 9.99. The number of benzene rings is 1. The largest absolute Gasteiger partial charge is 0.478 e. The van der Waals surface area contributed by atoms with Crippen molar-refractivity contribution in [2.75, 3.05) is 11.4 Å². The second-order valence-electron chi connectivity index (χ2n) is 4.60. The molecule has 0 spiro atoms. The molecule has 1 aliphatic heterocycles. The molecule has 1 atom stereocenters. The van der Waals surface area contributed by atoms with Gasteiger partial charge in [0.2, 0.25) is 0 Å². The Kier molecular flexibility index (Phi) is 3.67. The number of carboxylic acids is 1. The van der Waals surface area contributed by atoms with Crippen molar-refractivity contribution >= 4 is 11.7 Å². The van der Waals surface area contributed by atoms with Crippen LogP contribution in [-0.2, 0) is 0 Å². The van der Waals surface area contributed by atoms with E-state index in [-0.39, 0.29) is 0 Å². The van der Waals surface area contributed by atoms with Gasteiger partial charge in [0.1, 0.15) is 0 Å². The minimum Gasteiger partial charge on any atom is -0.478 e. The van der Waals surface area contributed by atoms with Gasteiger partial charge >= 0.3 is 5.97 Å². The fourth-order valence-corrected chi connectivity index (χ4v) is 2.56. The van der Waals surface area contributed by atoms with Crippen LogP contribution in [0.1, 0.15) is 43.0 Å². The van der Waals surface area contributed by atoms with Gasteiger partial charge in [-0.1, -0.05) is 6.92 Å². The summed E-state index contributed by atoms with van der Waals surface area (Å²) in [5.41, 5.74) is 1.51. The molecule has 3 nitrogen and oxygen atoms in total. The van der Waals surface area contributed by atoms with E-state index in [1.165, 1.54) is 19.3 Å². The molecular weight excluding hydrogens is 214 g/mol. The Morgan fingerprint density at radius 2 is 2.06 bits per heavy atom. The molecule has 0 saturated carbocycles. The SMILES string of the molecule is CC[C@H]1CCCCN1c1ccc(C(=O)O)cc1. The van der Waals surface area contributed by atoms with E-state index in [0.29, 0.717) is 11.6 Å². The van der Waals surface area contributed by atoms with Crippen LogP contribution in [0, 0.1) is 0 Å². The van der Waals surface area contributed by atoms with E-state index in [9.17, 15) is 4.79 Å². The van der Waals surface area contributed by atoms with Gasteiger partial charge in [-0.3, -0.25) is 0 Å².